The third kappa shape index (κ3) is 2.69. The number of anilines is 1. The Morgan fingerprint density at radius 2 is 2.04 bits per heavy atom. The first-order chi connectivity index (χ1) is 11.6. The minimum atomic E-state index is -5.92. The highest BCUT2D eigenvalue weighted by Crippen LogP contribution is 2.61. The maximum absolute atomic E-state index is 14.1. The van der Waals surface area contributed by atoms with Gasteiger partial charge in [0, 0.05) is 0 Å². The maximum atomic E-state index is 14.1. The number of ether oxygens (including phenoxy) is 1. The number of nitrogens with zero attached hydrogens (tertiary/aromatic N) is 4. The van der Waals surface area contributed by atoms with E-state index in [1.54, 1.807) is 0 Å². The molecular weight excluding hydrogens is 367 g/mol. The van der Waals surface area contributed by atoms with Crippen molar-refractivity contribution in [3.05, 3.63) is 12.7 Å². The zero-order valence-corrected chi connectivity index (χ0v) is 13.2. The molecule has 2 aromatic rings. The summed E-state index contributed by atoms with van der Waals surface area (Å²) in [5.74, 6) is -2.34. The number of hydrogen-bond donors (Lipinski definition) is 5. The topological polar surface area (TPSA) is 177 Å². The van der Waals surface area contributed by atoms with Gasteiger partial charge in [-0.2, -0.15) is 8.78 Å². The van der Waals surface area contributed by atoms with Crippen molar-refractivity contribution >= 4 is 24.6 Å². The van der Waals surface area contributed by atoms with Crippen LogP contribution in [-0.2, 0) is 9.30 Å². The van der Waals surface area contributed by atoms with Crippen LogP contribution in [0.3, 0.4) is 0 Å². The van der Waals surface area contributed by atoms with Gasteiger partial charge < -0.3 is 30.5 Å². The second-order valence-corrected chi connectivity index (χ2v) is 7.16. The molecule has 25 heavy (non-hydrogen) atoms. The van der Waals surface area contributed by atoms with E-state index in [9.17, 15) is 23.6 Å². The van der Waals surface area contributed by atoms with E-state index in [0.29, 0.717) is 0 Å². The van der Waals surface area contributed by atoms with Gasteiger partial charge in [-0.3, -0.25) is 9.13 Å². The number of alkyl halides is 2. The fourth-order valence-electron chi connectivity index (χ4n) is 2.81. The number of hydrogen-bond acceptors (Lipinski definition) is 8. The normalized spacial score (nSPS) is 27.9. The summed E-state index contributed by atoms with van der Waals surface area (Å²) < 4.78 is 45.7. The summed E-state index contributed by atoms with van der Waals surface area (Å²) in [5, 5.41) is 19.5. The predicted molar refractivity (Wildman–Crippen MR) is 77.2 cm³/mol. The van der Waals surface area contributed by atoms with Crippen LogP contribution in [-0.4, -0.2) is 64.0 Å². The van der Waals surface area contributed by atoms with Gasteiger partial charge in [-0.1, -0.05) is 0 Å². The van der Waals surface area contributed by atoms with Gasteiger partial charge in [0.05, 0.1) is 25.0 Å². The molecule has 4 unspecified atom stereocenters. The van der Waals surface area contributed by atoms with Gasteiger partial charge in [0.25, 0.3) is 0 Å². The van der Waals surface area contributed by atoms with Crippen LogP contribution in [0.25, 0.3) is 11.2 Å². The molecule has 11 nitrogen and oxygen atoms in total. The molecule has 1 saturated heterocycles. The smallest absolute Gasteiger partial charge is 0.394 e. The number of aromatic nitrogens is 4. The third-order valence-electron chi connectivity index (χ3n) is 4.01. The van der Waals surface area contributed by atoms with Crippen molar-refractivity contribution in [2.75, 3.05) is 12.3 Å². The van der Waals surface area contributed by atoms with Crippen LogP contribution in [0.4, 0.5) is 14.6 Å². The van der Waals surface area contributed by atoms with Gasteiger partial charge >= 0.3 is 13.3 Å². The summed E-state index contributed by atoms with van der Waals surface area (Å²) >= 11 is 0. The first-order valence-corrected chi connectivity index (χ1v) is 8.51. The van der Waals surface area contributed by atoms with Crippen molar-refractivity contribution in [1.82, 2.24) is 19.5 Å². The lowest BCUT2D eigenvalue weighted by Crippen LogP contribution is -2.42. The third-order valence-corrected chi connectivity index (χ3v) is 5.08. The molecule has 0 bridgehead atoms. The Hall–Kier alpha value is -1.76. The van der Waals surface area contributed by atoms with Crippen LogP contribution in [0.15, 0.2) is 12.7 Å². The van der Waals surface area contributed by atoms with E-state index in [-0.39, 0.29) is 17.0 Å². The molecule has 4 atom stereocenters. The van der Waals surface area contributed by atoms with Crippen LogP contribution in [0.5, 0.6) is 0 Å². The van der Waals surface area contributed by atoms with Gasteiger partial charge in [-0.25, -0.2) is 15.0 Å². The molecule has 1 fully saturated rings. The zero-order valence-electron chi connectivity index (χ0n) is 12.3. The molecule has 0 spiro atoms. The van der Waals surface area contributed by atoms with Gasteiger partial charge in [0.1, 0.15) is 17.9 Å². The molecule has 1 aliphatic rings. The second kappa shape index (κ2) is 5.90. The molecule has 0 saturated carbocycles. The number of imidazole rings is 1. The van der Waals surface area contributed by atoms with E-state index in [2.05, 4.69) is 15.0 Å². The van der Waals surface area contributed by atoms with Crippen LogP contribution in [0, 0.1) is 5.92 Å². The molecule has 0 aliphatic carbocycles. The van der Waals surface area contributed by atoms with Crippen molar-refractivity contribution in [2.24, 2.45) is 5.92 Å². The Morgan fingerprint density at radius 3 is 2.64 bits per heavy atom. The average molecular weight is 381 g/mol. The molecule has 138 valence electrons. The fraction of sp³-hybridized carbons (Fsp3) is 0.545. The quantitative estimate of drug-likeness (QED) is 0.415. The van der Waals surface area contributed by atoms with Gasteiger partial charge in [0.15, 0.2) is 17.7 Å². The van der Waals surface area contributed by atoms with Gasteiger partial charge in [-0.05, 0) is 0 Å². The summed E-state index contributed by atoms with van der Waals surface area (Å²) in [5.41, 5.74) is 1.20. The number of nitrogens with two attached hydrogens (primary N) is 1. The summed E-state index contributed by atoms with van der Waals surface area (Å²) in [7, 11) is -5.92. The lowest BCUT2D eigenvalue weighted by Gasteiger charge is -2.28. The summed E-state index contributed by atoms with van der Waals surface area (Å²) in [6, 6.07) is 0. The second-order valence-electron chi connectivity index (χ2n) is 5.48. The van der Waals surface area contributed by atoms with Crippen molar-refractivity contribution in [3.8, 4) is 0 Å². The molecule has 2 aromatic heterocycles. The van der Waals surface area contributed by atoms with Gasteiger partial charge in [-0.15, -0.1) is 0 Å². The molecule has 0 aromatic carbocycles. The van der Waals surface area contributed by atoms with Crippen molar-refractivity contribution in [2.45, 2.75) is 24.1 Å². The summed E-state index contributed by atoms with van der Waals surface area (Å²) in [6.07, 6.45) is -3.11. The molecular formula is C11H14F2N5O6P. The van der Waals surface area contributed by atoms with Crippen LogP contribution < -0.4 is 5.73 Å². The van der Waals surface area contributed by atoms with Crippen LogP contribution >= 0.6 is 7.60 Å². The van der Waals surface area contributed by atoms with Crippen molar-refractivity contribution < 1.29 is 38.1 Å². The molecule has 14 heteroatoms. The predicted octanol–water partition coefficient (Wildman–Crippen LogP) is -0.954. The lowest BCUT2D eigenvalue weighted by atomic mass is 9.98. The van der Waals surface area contributed by atoms with Crippen molar-refractivity contribution in [3.63, 3.8) is 0 Å². The number of fused-ring (bicyclic) bond motifs is 1. The van der Waals surface area contributed by atoms with E-state index in [1.807, 2.05) is 0 Å². The lowest BCUT2D eigenvalue weighted by molar-refractivity contribution is -0.0711. The zero-order chi connectivity index (χ0) is 18.6. The maximum Gasteiger partial charge on any atom is 0.395 e. The summed E-state index contributed by atoms with van der Waals surface area (Å²) in [6.45, 7) is -0.989. The Labute approximate surface area is 138 Å². The standard InChI is InChI=1S/C11H14F2N5O6P/c12-11(13,25(21,22)23)5-4(1-19)24-10(7(5)20)18-3-17-6-8(14)15-2-16-9(6)18/h2-5,7,10,19-20H,1H2,(H2,14,15,16)(H2,21,22,23). The number of halogens is 2. The average Bonchev–Trinajstić information content (AvgIpc) is 3.08. The van der Waals surface area contributed by atoms with Crippen LogP contribution in [0.1, 0.15) is 6.23 Å². The molecule has 0 amide bonds. The van der Waals surface area contributed by atoms with E-state index < -0.39 is 44.2 Å². The number of nitrogen functional groups attached to an aromatic ring is 1. The van der Waals surface area contributed by atoms with E-state index >= 15 is 0 Å². The molecule has 1 aliphatic heterocycles. The SMILES string of the molecule is Nc1ncnc2c1ncn2C1OC(CO)C(C(F)(F)P(=O)(O)O)C1O. The monoisotopic (exact) mass is 381 g/mol. The first kappa shape index (κ1) is 18.0. The first-order valence-electron chi connectivity index (χ1n) is 6.90. The minimum Gasteiger partial charge on any atom is -0.394 e. The van der Waals surface area contributed by atoms with Gasteiger partial charge in [0.2, 0.25) is 0 Å². The molecule has 3 heterocycles. The largest absolute Gasteiger partial charge is 0.395 e. The molecule has 3 rings (SSSR count). The Kier molecular flexibility index (Phi) is 4.26. The highest BCUT2D eigenvalue weighted by atomic mass is 31.2. The van der Waals surface area contributed by atoms with Crippen molar-refractivity contribution in [1.29, 1.82) is 0 Å². The van der Waals surface area contributed by atoms with E-state index in [0.717, 1.165) is 17.2 Å². The molecule has 0 radical (unpaired) electrons. The molecule has 6 N–H and O–H groups in total. The number of aliphatic hydroxyl groups is 2. The number of rotatable bonds is 4. The highest BCUT2D eigenvalue weighted by molar-refractivity contribution is 7.53. The minimum absolute atomic E-state index is 0.00652. The highest BCUT2D eigenvalue weighted by Gasteiger charge is 2.65. The number of aliphatic hydroxyl groups excluding tert-OH is 2. The fourth-order valence-corrected chi connectivity index (χ4v) is 3.52. The van der Waals surface area contributed by atoms with E-state index in [1.165, 1.54) is 0 Å². The van der Waals surface area contributed by atoms with Crippen LogP contribution in [0.2, 0.25) is 0 Å². The Morgan fingerprint density at radius 1 is 1.36 bits per heavy atom. The Balaban J connectivity index is 2.05. The van der Waals surface area contributed by atoms with E-state index in [4.69, 9.17) is 20.3 Å². The Bertz CT molecular complexity index is 843. The summed E-state index contributed by atoms with van der Waals surface area (Å²) in [4.78, 5) is 29.3.